The Kier molecular flexibility index (Phi) is 5.43. The second-order valence-electron chi connectivity index (χ2n) is 4.53. The molecule has 20 heavy (non-hydrogen) atoms. The first-order chi connectivity index (χ1) is 9.60. The van der Waals surface area contributed by atoms with Crippen molar-refractivity contribution < 1.29 is 0 Å². The van der Waals surface area contributed by atoms with Crippen LogP contribution in [-0.2, 0) is 0 Å². The molecule has 1 heterocycles. The van der Waals surface area contributed by atoms with Crippen molar-refractivity contribution in [3.05, 3.63) is 40.1 Å². The maximum atomic E-state index is 4.56. The van der Waals surface area contributed by atoms with E-state index in [9.17, 15) is 0 Å². The van der Waals surface area contributed by atoms with Crippen LogP contribution in [-0.4, -0.2) is 16.5 Å². The van der Waals surface area contributed by atoms with Gasteiger partial charge in [-0.2, -0.15) is 0 Å². The third-order valence-corrected chi connectivity index (χ3v) is 4.41. The molecule has 5 heteroatoms. The summed E-state index contributed by atoms with van der Waals surface area (Å²) in [6.07, 6.45) is 1.08. The van der Waals surface area contributed by atoms with Crippen molar-refractivity contribution in [2.75, 3.05) is 11.9 Å². The van der Waals surface area contributed by atoms with Crippen LogP contribution in [0.5, 0.6) is 0 Å². The van der Waals surface area contributed by atoms with E-state index in [-0.39, 0.29) is 0 Å². The lowest BCUT2D eigenvalue weighted by Gasteiger charge is -2.12. The van der Waals surface area contributed by atoms with Crippen molar-refractivity contribution in [2.45, 2.75) is 37.1 Å². The molecule has 1 aromatic heterocycles. The second-order valence-corrected chi connectivity index (χ2v) is 6.51. The van der Waals surface area contributed by atoms with Gasteiger partial charge < -0.3 is 5.32 Å². The summed E-state index contributed by atoms with van der Waals surface area (Å²) in [6.45, 7) is 7.08. The molecule has 0 fully saturated rings. The molecule has 3 nitrogen and oxygen atoms in total. The number of aryl methyl sites for hydroxylation is 1. The highest BCUT2D eigenvalue weighted by Gasteiger charge is 2.10. The van der Waals surface area contributed by atoms with Crippen LogP contribution in [0.2, 0.25) is 0 Å². The van der Waals surface area contributed by atoms with E-state index in [1.165, 1.54) is 4.90 Å². The normalized spacial score (nSPS) is 10.6. The van der Waals surface area contributed by atoms with Crippen LogP contribution in [0.25, 0.3) is 0 Å². The molecule has 0 atom stereocenters. The minimum atomic E-state index is 0.800. The lowest BCUT2D eigenvalue weighted by Crippen LogP contribution is -2.07. The van der Waals surface area contributed by atoms with Gasteiger partial charge >= 0.3 is 0 Å². The zero-order valence-corrected chi connectivity index (χ0v) is 14.3. The predicted octanol–water partition coefficient (Wildman–Crippen LogP) is 4.83. The highest BCUT2D eigenvalue weighted by molar-refractivity contribution is 9.10. The number of benzene rings is 1. The second kappa shape index (κ2) is 7.09. The zero-order valence-electron chi connectivity index (χ0n) is 11.9. The number of rotatable bonds is 5. The summed E-state index contributed by atoms with van der Waals surface area (Å²) in [5, 5.41) is 4.38. The van der Waals surface area contributed by atoms with Crippen LogP contribution in [0.3, 0.4) is 0 Å². The van der Waals surface area contributed by atoms with Gasteiger partial charge in [0.1, 0.15) is 16.7 Å². The monoisotopic (exact) mass is 351 g/mol. The smallest absolute Gasteiger partial charge is 0.133 e. The van der Waals surface area contributed by atoms with Crippen LogP contribution >= 0.6 is 27.7 Å². The summed E-state index contributed by atoms with van der Waals surface area (Å²) < 4.78 is 1.09. The van der Waals surface area contributed by atoms with Crippen LogP contribution in [0, 0.1) is 13.8 Å². The lowest BCUT2D eigenvalue weighted by atomic mass is 10.3. The predicted molar refractivity (Wildman–Crippen MR) is 88.6 cm³/mol. The molecule has 0 bridgehead atoms. The first-order valence-corrected chi connectivity index (χ1v) is 8.23. The summed E-state index contributed by atoms with van der Waals surface area (Å²) in [7, 11) is 0. The largest absolute Gasteiger partial charge is 0.370 e. The van der Waals surface area contributed by atoms with Gasteiger partial charge in [-0.1, -0.05) is 34.6 Å². The Hall–Kier alpha value is -1.07. The van der Waals surface area contributed by atoms with E-state index in [4.69, 9.17) is 0 Å². The first-order valence-electron chi connectivity index (χ1n) is 6.62. The fourth-order valence-corrected chi connectivity index (χ4v) is 2.92. The van der Waals surface area contributed by atoms with Crippen molar-refractivity contribution in [1.82, 2.24) is 9.97 Å². The van der Waals surface area contributed by atoms with Crippen molar-refractivity contribution in [1.29, 1.82) is 0 Å². The van der Waals surface area contributed by atoms with Crippen molar-refractivity contribution in [3.8, 4) is 0 Å². The fourth-order valence-electron chi connectivity index (χ4n) is 1.73. The third kappa shape index (κ3) is 3.96. The van der Waals surface area contributed by atoms with Gasteiger partial charge in [-0.05, 0) is 44.5 Å². The Morgan fingerprint density at radius 2 is 1.85 bits per heavy atom. The first kappa shape index (κ1) is 15.3. The summed E-state index contributed by atoms with van der Waals surface area (Å²) >= 11 is 5.12. The number of hydrogen-bond acceptors (Lipinski definition) is 4. The quantitative estimate of drug-likeness (QED) is 0.783. The molecular formula is C15H18BrN3S. The van der Waals surface area contributed by atoms with Gasteiger partial charge in [-0.25, -0.2) is 9.97 Å². The van der Waals surface area contributed by atoms with Gasteiger partial charge in [-0.3, -0.25) is 0 Å². The molecule has 0 amide bonds. The average Bonchev–Trinajstić information content (AvgIpc) is 2.43. The number of hydrogen-bond donors (Lipinski definition) is 1. The van der Waals surface area contributed by atoms with Crippen LogP contribution < -0.4 is 5.32 Å². The topological polar surface area (TPSA) is 37.8 Å². The summed E-state index contributed by atoms with van der Waals surface area (Å²) in [5.74, 6) is 1.74. The van der Waals surface area contributed by atoms with E-state index in [0.29, 0.717) is 0 Å². The number of nitrogens with zero attached hydrogens (tertiary/aromatic N) is 2. The molecule has 1 aromatic carbocycles. The number of aromatic nitrogens is 2. The Labute approximate surface area is 132 Å². The molecule has 0 saturated heterocycles. The maximum absolute atomic E-state index is 4.56. The van der Waals surface area contributed by atoms with E-state index < -0.39 is 0 Å². The highest BCUT2D eigenvalue weighted by atomic mass is 79.9. The van der Waals surface area contributed by atoms with E-state index in [1.807, 2.05) is 19.1 Å². The molecule has 0 unspecified atom stereocenters. The average molecular weight is 352 g/mol. The SMILES string of the molecule is CCCNc1nc(C)nc(Sc2ccc(Br)cc2)c1C. The standard InChI is InChI=1S/C15H18BrN3S/c1-4-9-17-14-10(2)15(19-11(3)18-14)20-13-7-5-12(16)6-8-13/h5-8H,4,9H2,1-3H3,(H,17,18,19). The summed E-state index contributed by atoms with van der Waals surface area (Å²) in [5.41, 5.74) is 1.11. The number of halogens is 1. The summed E-state index contributed by atoms with van der Waals surface area (Å²) in [6, 6.07) is 8.26. The van der Waals surface area contributed by atoms with Crippen LogP contribution in [0.4, 0.5) is 5.82 Å². The molecule has 2 aromatic rings. The van der Waals surface area contributed by atoms with Gasteiger partial charge in [0.05, 0.1) is 0 Å². The molecule has 2 rings (SSSR count). The maximum Gasteiger partial charge on any atom is 0.133 e. The van der Waals surface area contributed by atoms with Gasteiger partial charge in [0.15, 0.2) is 0 Å². The Bertz CT molecular complexity index is 584. The molecule has 106 valence electrons. The van der Waals surface area contributed by atoms with E-state index in [2.05, 4.69) is 57.2 Å². The Balaban J connectivity index is 2.26. The lowest BCUT2D eigenvalue weighted by molar-refractivity contribution is 0.908. The highest BCUT2D eigenvalue weighted by Crippen LogP contribution is 2.31. The molecule has 0 spiro atoms. The van der Waals surface area contributed by atoms with Gasteiger partial charge in [0, 0.05) is 21.5 Å². The van der Waals surface area contributed by atoms with Gasteiger partial charge in [-0.15, -0.1) is 0 Å². The molecule has 1 N–H and O–H groups in total. The van der Waals surface area contributed by atoms with E-state index in [1.54, 1.807) is 11.8 Å². The van der Waals surface area contributed by atoms with Crippen LogP contribution in [0.15, 0.2) is 38.7 Å². The van der Waals surface area contributed by atoms with E-state index >= 15 is 0 Å². The number of nitrogens with one attached hydrogen (secondary N) is 1. The Morgan fingerprint density at radius 3 is 2.50 bits per heavy atom. The number of anilines is 1. The molecule has 0 saturated carbocycles. The molecular weight excluding hydrogens is 334 g/mol. The Morgan fingerprint density at radius 1 is 1.15 bits per heavy atom. The minimum absolute atomic E-state index is 0.800. The summed E-state index contributed by atoms with van der Waals surface area (Å²) in [4.78, 5) is 10.2. The van der Waals surface area contributed by atoms with Crippen molar-refractivity contribution in [2.24, 2.45) is 0 Å². The minimum Gasteiger partial charge on any atom is -0.370 e. The van der Waals surface area contributed by atoms with Crippen molar-refractivity contribution >= 4 is 33.5 Å². The van der Waals surface area contributed by atoms with Crippen LogP contribution in [0.1, 0.15) is 24.7 Å². The fraction of sp³-hybridized carbons (Fsp3) is 0.333. The molecule has 0 aliphatic rings. The molecule has 0 aliphatic carbocycles. The molecule has 0 radical (unpaired) electrons. The van der Waals surface area contributed by atoms with Gasteiger partial charge in [0.25, 0.3) is 0 Å². The van der Waals surface area contributed by atoms with Gasteiger partial charge in [0.2, 0.25) is 0 Å². The third-order valence-electron chi connectivity index (χ3n) is 2.78. The zero-order chi connectivity index (χ0) is 14.5. The molecule has 0 aliphatic heterocycles. The van der Waals surface area contributed by atoms with Crippen molar-refractivity contribution in [3.63, 3.8) is 0 Å². The van der Waals surface area contributed by atoms with E-state index in [0.717, 1.165) is 39.7 Å².